The smallest absolute Gasteiger partial charge is 0.320 e. The normalized spacial score (nSPS) is 24.6. The first kappa shape index (κ1) is 24.0. The summed E-state index contributed by atoms with van der Waals surface area (Å²) in [5.74, 6) is 2.88. The average molecular weight is 479 g/mol. The van der Waals surface area contributed by atoms with Crippen molar-refractivity contribution in [2.75, 3.05) is 34.1 Å². The fraction of sp³-hybridized carbons (Fsp3) is 0.552. The van der Waals surface area contributed by atoms with E-state index in [4.69, 9.17) is 14.2 Å². The van der Waals surface area contributed by atoms with Crippen molar-refractivity contribution in [1.29, 1.82) is 0 Å². The van der Waals surface area contributed by atoms with Gasteiger partial charge in [0.1, 0.15) is 11.5 Å². The molecule has 3 fully saturated rings. The molecule has 1 saturated heterocycles. The summed E-state index contributed by atoms with van der Waals surface area (Å²) >= 11 is 0. The molecule has 6 heteroatoms. The molecule has 1 aliphatic heterocycles. The van der Waals surface area contributed by atoms with E-state index in [9.17, 15) is 4.79 Å². The quantitative estimate of drug-likeness (QED) is 0.427. The molecule has 0 N–H and O–H groups in total. The Labute approximate surface area is 209 Å². The van der Waals surface area contributed by atoms with Crippen molar-refractivity contribution >= 4 is 6.03 Å². The zero-order valence-corrected chi connectivity index (χ0v) is 21.1. The van der Waals surface area contributed by atoms with Crippen molar-refractivity contribution in [3.8, 4) is 11.5 Å². The van der Waals surface area contributed by atoms with Crippen LogP contribution in [-0.2, 0) is 11.3 Å². The zero-order valence-electron chi connectivity index (χ0n) is 21.1. The number of amides is 2. The van der Waals surface area contributed by atoms with Crippen molar-refractivity contribution in [2.24, 2.45) is 5.92 Å². The largest absolute Gasteiger partial charge is 0.497 e. The number of hydrogen-bond donors (Lipinski definition) is 0. The highest BCUT2D eigenvalue weighted by Gasteiger charge is 2.51. The Morgan fingerprint density at radius 3 is 2.40 bits per heavy atom. The highest BCUT2D eigenvalue weighted by atomic mass is 16.7. The van der Waals surface area contributed by atoms with Gasteiger partial charge in [-0.15, -0.1) is 0 Å². The van der Waals surface area contributed by atoms with Gasteiger partial charge < -0.3 is 24.0 Å². The molecule has 35 heavy (non-hydrogen) atoms. The predicted molar refractivity (Wildman–Crippen MR) is 136 cm³/mol. The standard InChI is InChI=1S/C29H38N2O4/c1-33-21-35-27-8-4-7-25(17-27)24-13-15-29(16-14-24)20-30(18-23-9-11-26(34-2)12-10-23)28(32)31(29)19-22-5-3-6-22/h4,7-12,17,22,24H,3,5-6,13-16,18-21H2,1-2H3. The van der Waals surface area contributed by atoms with E-state index in [1.54, 1.807) is 14.2 Å². The lowest BCUT2D eigenvalue weighted by Crippen LogP contribution is -2.51. The zero-order chi connectivity index (χ0) is 24.3. The summed E-state index contributed by atoms with van der Waals surface area (Å²) < 4.78 is 16.0. The second-order valence-electron chi connectivity index (χ2n) is 10.5. The Morgan fingerprint density at radius 1 is 0.971 bits per heavy atom. The molecule has 5 rings (SSSR count). The van der Waals surface area contributed by atoms with Crippen molar-refractivity contribution in [1.82, 2.24) is 9.80 Å². The van der Waals surface area contributed by atoms with Crippen LogP contribution in [0.25, 0.3) is 0 Å². The molecule has 2 aromatic carbocycles. The maximum Gasteiger partial charge on any atom is 0.320 e. The number of nitrogens with zero attached hydrogens (tertiary/aromatic N) is 2. The number of benzene rings is 2. The molecular weight excluding hydrogens is 440 g/mol. The van der Waals surface area contributed by atoms with E-state index < -0.39 is 0 Å². The van der Waals surface area contributed by atoms with Crippen LogP contribution >= 0.6 is 0 Å². The molecular formula is C29H38N2O4. The van der Waals surface area contributed by atoms with Crippen molar-refractivity contribution < 1.29 is 19.0 Å². The lowest BCUT2D eigenvalue weighted by molar-refractivity contribution is 0.0510. The molecule has 0 radical (unpaired) electrons. The molecule has 1 spiro atoms. The fourth-order valence-corrected chi connectivity index (χ4v) is 6.06. The molecule has 2 aromatic rings. The third-order valence-corrected chi connectivity index (χ3v) is 8.35. The molecule has 2 saturated carbocycles. The van der Waals surface area contributed by atoms with Gasteiger partial charge in [-0.1, -0.05) is 30.7 Å². The van der Waals surface area contributed by atoms with Gasteiger partial charge in [0.2, 0.25) is 0 Å². The Kier molecular flexibility index (Phi) is 7.19. The van der Waals surface area contributed by atoms with Gasteiger partial charge in [-0.25, -0.2) is 4.79 Å². The van der Waals surface area contributed by atoms with Gasteiger partial charge in [0, 0.05) is 26.7 Å². The molecule has 0 unspecified atom stereocenters. The third kappa shape index (κ3) is 5.13. The first-order valence-electron chi connectivity index (χ1n) is 13.0. The summed E-state index contributed by atoms with van der Waals surface area (Å²) in [4.78, 5) is 18.0. The lowest BCUT2D eigenvalue weighted by Gasteiger charge is -2.44. The fourth-order valence-electron chi connectivity index (χ4n) is 6.06. The van der Waals surface area contributed by atoms with E-state index in [1.165, 1.54) is 24.8 Å². The highest BCUT2D eigenvalue weighted by Crippen LogP contribution is 2.46. The monoisotopic (exact) mass is 478 g/mol. The van der Waals surface area contributed by atoms with E-state index in [2.05, 4.69) is 40.1 Å². The van der Waals surface area contributed by atoms with Gasteiger partial charge in [-0.2, -0.15) is 0 Å². The molecule has 0 bridgehead atoms. The third-order valence-electron chi connectivity index (χ3n) is 8.35. The topological polar surface area (TPSA) is 51.2 Å². The molecule has 1 heterocycles. The number of ether oxygens (including phenoxy) is 3. The second kappa shape index (κ2) is 10.5. The number of carbonyl (C=O) groups is 1. The van der Waals surface area contributed by atoms with Crippen molar-refractivity contribution in [2.45, 2.75) is 62.9 Å². The summed E-state index contributed by atoms with van der Waals surface area (Å²) in [5, 5.41) is 0. The summed E-state index contributed by atoms with van der Waals surface area (Å²) in [6.07, 6.45) is 8.12. The Bertz CT molecular complexity index is 996. The molecule has 3 aliphatic rings. The number of urea groups is 1. The van der Waals surface area contributed by atoms with Gasteiger partial charge >= 0.3 is 6.03 Å². The first-order chi connectivity index (χ1) is 17.1. The van der Waals surface area contributed by atoms with Crippen LogP contribution in [-0.4, -0.2) is 55.5 Å². The van der Waals surface area contributed by atoms with Gasteiger partial charge in [-0.05, 0) is 85.8 Å². The van der Waals surface area contributed by atoms with Crippen LogP contribution in [0.4, 0.5) is 4.79 Å². The first-order valence-corrected chi connectivity index (χ1v) is 13.0. The van der Waals surface area contributed by atoms with E-state index >= 15 is 0 Å². The molecule has 2 aliphatic carbocycles. The summed E-state index contributed by atoms with van der Waals surface area (Å²) in [6.45, 7) is 2.67. The molecule has 188 valence electrons. The van der Waals surface area contributed by atoms with E-state index in [-0.39, 0.29) is 18.4 Å². The lowest BCUT2D eigenvalue weighted by atomic mass is 9.73. The van der Waals surface area contributed by atoms with Crippen LogP contribution < -0.4 is 9.47 Å². The van der Waals surface area contributed by atoms with Crippen LogP contribution in [0.2, 0.25) is 0 Å². The van der Waals surface area contributed by atoms with Gasteiger partial charge in [0.25, 0.3) is 0 Å². The minimum absolute atomic E-state index is 0.0419. The summed E-state index contributed by atoms with van der Waals surface area (Å²) in [7, 11) is 3.32. The molecule has 0 aromatic heterocycles. The van der Waals surface area contributed by atoms with Crippen LogP contribution in [0.15, 0.2) is 48.5 Å². The minimum Gasteiger partial charge on any atom is -0.497 e. The van der Waals surface area contributed by atoms with E-state index in [0.29, 0.717) is 18.4 Å². The van der Waals surface area contributed by atoms with E-state index in [0.717, 1.165) is 55.8 Å². The molecule has 2 amide bonds. The minimum atomic E-state index is -0.0419. The van der Waals surface area contributed by atoms with Gasteiger partial charge in [0.15, 0.2) is 6.79 Å². The highest BCUT2D eigenvalue weighted by molar-refractivity contribution is 5.78. The molecule has 6 nitrogen and oxygen atoms in total. The summed E-state index contributed by atoms with van der Waals surface area (Å²) in [6, 6.07) is 16.8. The average Bonchev–Trinajstić information content (AvgIpc) is 3.10. The van der Waals surface area contributed by atoms with Crippen LogP contribution in [0.5, 0.6) is 11.5 Å². The Hall–Kier alpha value is -2.73. The van der Waals surface area contributed by atoms with Gasteiger partial charge in [0.05, 0.1) is 12.6 Å². The number of hydrogen-bond acceptors (Lipinski definition) is 4. The van der Waals surface area contributed by atoms with E-state index in [1.807, 2.05) is 18.2 Å². The number of rotatable bonds is 9. The van der Waals surface area contributed by atoms with Gasteiger partial charge in [-0.3, -0.25) is 0 Å². The second-order valence-corrected chi connectivity index (χ2v) is 10.5. The SMILES string of the molecule is COCOc1cccc(C2CCC3(CC2)CN(Cc2ccc(OC)cc2)C(=O)N3CC2CCC2)c1. The molecule has 0 atom stereocenters. The summed E-state index contributed by atoms with van der Waals surface area (Å²) in [5.41, 5.74) is 2.44. The van der Waals surface area contributed by atoms with Crippen LogP contribution in [0, 0.1) is 5.92 Å². The van der Waals surface area contributed by atoms with Crippen LogP contribution in [0.3, 0.4) is 0 Å². The van der Waals surface area contributed by atoms with Crippen LogP contribution in [0.1, 0.15) is 62.0 Å². The Morgan fingerprint density at radius 2 is 1.74 bits per heavy atom. The number of carbonyl (C=O) groups excluding carboxylic acids is 1. The maximum atomic E-state index is 13.7. The predicted octanol–water partition coefficient (Wildman–Crippen LogP) is 5.81. The maximum absolute atomic E-state index is 13.7. The van der Waals surface area contributed by atoms with Crippen molar-refractivity contribution in [3.63, 3.8) is 0 Å². The Balaban J connectivity index is 1.29. The van der Waals surface area contributed by atoms with Crippen molar-refractivity contribution in [3.05, 3.63) is 59.7 Å². The number of methoxy groups -OCH3 is 2.